The van der Waals surface area contributed by atoms with E-state index in [0.717, 1.165) is 12.8 Å². The molecular weight excluding hydrogens is 326 g/mol. The molecule has 1 aliphatic heterocycles. The van der Waals surface area contributed by atoms with Gasteiger partial charge in [-0.15, -0.1) is 0 Å². The maximum absolute atomic E-state index is 12.4. The molecule has 0 unspecified atom stereocenters. The molecule has 2 N–H and O–H groups in total. The van der Waals surface area contributed by atoms with E-state index in [-0.39, 0.29) is 24.5 Å². The van der Waals surface area contributed by atoms with E-state index < -0.39 is 0 Å². The summed E-state index contributed by atoms with van der Waals surface area (Å²) >= 11 is 0. The van der Waals surface area contributed by atoms with E-state index in [1.807, 2.05) is 35.2 Å². The number of carbonyl (C=O) groups is 2. The van der Waals surface area contributed by atoms with Gasteiger partial charge in [0.1, 0.15) is 0 Å². The molecule has 5 heteroatoms. The van der Waals surface area contributed by atoms with Crippen molar-refractivity contribution in [3.05, 3.63) is 71.3 Å². The Balaban J connectivity index is 1.22. The Hall–Kier alpha value is -2.82. The third-order valence-electron chi connectivity index (χ3n) is 5.22. The topological polar surface area (TPSA) is 61.4 Å². The van der Waals surface area contributed by atoms with Crippen LogP contribution in [0.1, 0.15) is 29.0 Å². The average Bonchev–Trinajstić information content (AvgIpc) is 3.45. The summed E-state index contributed by atoms with van der Waals surface area (Å²) in [6.45, 7) is 1.37. The fourth-order valence-corrected chi connectivity index (χ4v) is 3.62. The summed E-state index contributed by atoms with van der Waals surface area (Å²) in [6.07, 6.45) is 1.82. The highest BCUT2D eigenvalue weighted by Crippen LogP contribution is 2.40. The summed E-state index contributed by atoms with van der Waals surface area (Å²) in [7, 11) is 0. The Morgan fingerprint density at radius 2 is 1.73 bits per heavy atom. The number of benzene rings is 2. The van der Waals surface area contributed by atoms with Gasteiger partial charge in [0, 0.05) is 25.0 Å². The smallest absolute Gasteiger partial charge is 0.315 e. The second-order valence-electron chi connectivity index (χ2n) is 7.02. The lowest BCUT2D eigenvalue weighted by atomic mass is 10.00. The normalized spacial score (nSPS) is 20.8. The van der Waals surface area contributed by atoms with Crippen molar-refractivity contribution in [1.82, 2.24) is 15.5 Å². The highest BCUT2D eigenvalue weighted by Gasteiger charge is 2.39. The van der Waals surface area contributed by atoms with Crippen molar-refractivity contribution in [1.29, 1.82) is 0 Å². The fourth-order valence-electron chi connectivity index (χ4n) is 3.62. The zero-order chi connectivity index (χ0) is 17.9. The van der Waals surface area contributed by atoms with Gasteiger partial charge in [-0.3, -0.25) is 4.79 Å². The van der Waals surface area contributed by atoms with Crippen LogP contribution in [0.5, 0.6) is 0 Å². The zero-order valence-electron chi connectivity index (χ0n) is 14.7. The monoisotopic (exact) mass is 349 g/mol. The fraction of sp³-hybridized carbons (Fsp3) is 0.333. The molecule has 2 atom stereocenters. The highest BCUT2D eigenvalue weighted by atomic mass is 16.2. The summed E-state index contributed by atoms with van der Waals surface area (Å²) < 4.78 is 0. The lowest BCUT2D eigenvalue weighted by Gasteiger charge is -2.29. The van der Waals surface area contributed by atoms with Crippen LogP contribution < -0.4 is 10.6 Å². The Labute approximate surface area is 153 Å². The summed E-state index contributed by atoms with van der Waals surface area (Å²) in [5.41, 5.74) is 3.75. The summed E-state index contributed by atoms with van der Waals surface area (Å²) in [5, 5.41) is 5.66. The molecule has 2 aliphatic rings. The van der Waals surface area contributed by atoms with E-state index in [0.29, 0.717) is 19.0 Å². The van der Waals surface area contributed by atoms with E-state index >= 15 is 0 Å². The first-order valence-electron chi connectivity index (χ1n) is 9.14. The molecule has 1 saturated carbocycles. The Kier molecular flexibility index (Phi) is 4.61. The van der Waals surface area contributed by atoms with Gasteiger partial charge in [-0.25, -0.2) is 4.79 Å². The first-order chi connectivity index (χ1) is 12.7. The molecule has 4 rings (SSSR count). The number of fused-ring (bicyclic) bond motifs is 1. The first-order valence-corrected chi connectivity index (χ1v) is 9.14. The van der Waals surface area contributed by atoms with Gasteiger partial charge in [0.15, 0.2) is 0 Å². The summed E-state index contributed by atoms with van der Waals surface area (Å²) in [5.74, 6) is 0.348. The maximum atomic E-state index is 12.4. The van der Waals surface area contributed by atoms with Gasteiger partial charge in [-0.05, 0) is 29.5 Å². The van der Waals surface area contributed by atoms with Crippen LogP contribution in [0.4, 0.5) is 4.79 Å². The first kappa shape index (κ1) is 16.6. The van der Waals surface area contributed by atoms with Gasteiger partial charge in [0.2, 0.25) is 5.91 Å². The van der Waals surface area contributed by atoms with Crippen LogP contribution in [-0.2, 0) is 17.8 Å². The van der Waals surface area contributed by atoms with E-state index in [4.69, 9.17) is 0 Å². The van der Waals surface area contributed by atoms with Crippen molar-refractivity contribution in [2.24, 2.45) is 0 Å². The number of hydrogen-bond acceptors (Lipinski definition) is 2. The molecule has 1 aliphatic carbocycles. The molecule has 0 radical (unpaired) electrons. The SMILES string of the molecule is O=C(NCC(=O)N1CCc2ccccc2C1)N[C@H]1C[C@@H]1c1ccccc1. The number of carbonyl (C=O) groups excluding carboxylic acids is 2. The van der Waals surface area contributed by atoms with Crippen LogP contribution in [0.3, 0.4) is 0 Å². The predicted molar refractivity (Wildman–Crippen MR) is 99.7 cm³/mol. The molecule has 5 nitrogen and oxygen atoms in total. The number of nitrogens with one attached hydrogen (secondary N) is 2. The molecule has 1 fully saturated rings. The second-order valence-corrected chi connectivity index (χ2v) is 7.02. The number of amides is 3. The highest BCUT2D eigenvalue weighted by molar-refractivity contribution is 5.84. The minimum absolute atomic E-state index is 0.0370. The number of hydrogen-bond donors (Lipinski definition) is 2. The van der Waals surface area contributed by atoms with E-state index in [9.17, 15) is 9.59 Å². The average molecular weight is 349 g/mol. The number of nitrogens with zero attached hydrogens (tertiary/aromatic N) is 1. The van der Waals surface area contributed by atoms with Gasteiger partial charge in [-0.2, -0.15) is 0 Å². The van der Waals surface area contributed by atoms with Crippen LogP contribution in [0.2, 0.25) is 0 Å². The molecule has 0 spiro atoms. The molecule has 2 aromatic carbocycles. The lowest BCUT2D eigenvalue weighted by molar-refractivity contribution is -0.131. The number of rotatable bonds is 4. The third-order valence-corrected chi connectivity index (χ3v) is 5.22. The van der Waals surface area contributed by atoms with Crippen molar-refractivity contribution < 1.29 is 9.59 Å². The summed E-state index contributed by atoms with van der Waals surface area (Å²) in [4.78, 5) is 26.3. The predicted octanol–water partition coefficient (Wildman–Crippen LogP) is 2.43. The largest absolute Gasteiger partial charge is 0.336 e. The molecule has 134 valence electrons. The quantitative estimate of drug-likeness (QED) is 0.891. The Bertz CT molecular complexity index is 806. The van der Waals surface area contributed by atoms with Gasteiger partial charge in [0.25, 0.3) is 0 Å². The zero-order valence-corrected chi connectivity index (χ0v) is 14.7. The van der Waals surface area contributed by atoms with Crippen molar-refractivity contribution in [3.63, 3.8) is 0 Å². The van der Waals surface area contributed by atoms with E-state index in [1.54, 1.807) is 0 Å². The minimum Gasteiger partial charge on any atom is -0.336 e. The van der Waals surface area contributed by atoms with E-state index in [2.05, 4.69) is 34.9 Å². The molecule has 3 amide bonds. The molecule has 0 bridgehead atoms. The van der Waals surface area contributed by atoms with Gasteiger partial charge >= 0.3 is 6.03 Å². The van der Waals surface area contributed by atoms with Crippen LogP contribution in [0.25, 0.3) is 0 Å². The summed E-state index contributed by atoms with van der Waals surface area (Å²) in [6, 6.07) is 18.3. The standard InChI is InChI=1S/C21H23N3O2/c25-20(24-11-10-15-6-4-5-9-17(15)14-24)13-22-21(26)23-19-12-18(19)16-7-2-1-3-8-16/h1-9,18-19H,10-14H2,(H2,22,23,26)/t18-,19+/m1/s1. The molecule has 1 heterocycles. The Morgan fingerprint density at radius 3 is 2.54 bits per heavy atom. The molecule has 0 aromatic heterocycles. The van der Waals surface area contributed by atoms with Crippen LogP contribution >= 0.6 is 0 Å². The van der Waals surface area contributed by atoms with Gasteiger partial charge in [-0.1, -0.05) is 54.6 Å². The van der Waals surface area contributed by atoms with Crippen molar-refractivity contribution in [3.8, 4) is 0 Å². The van der Waals surface area contributed by atoms with E-state index in [1.165, 1.54) is 16.7 Å². The van der Waals surface area contributed by atoms with Crippen LogP contribution in [0, 0.1) is 0 Å². The maximum Gasteiger partial charge on any atom is 0.315 e. The minimum atomic E-state index is -0.265. The lowest BCUT2D eigenvalue weighted by Crippen LogP contribution is -2.45. The number of urea groups is 1. The molecular formula is C21H23N3O2. The molecule has 26 heavy (non-hydrogen) atoms. The second kappa shape index (κ2) is 7.20. The van der Waals surface area contributed by atoms with Crippen molar-refractivity contribution in [2.75, 3.05) is 13.1 Å². The van der Waals surface area contributed by atoms with Crippen molar-refractivity contribution in [2.45, 2.75) is 31.3 Å². The molecule has 2 aromatic rings. The van der Waals surface area contributed by atoms with Crippen LogP contribution in [0.15, 0.2) is 54.6 Å². The van der Waals surface area contributed by atoms with Gasteiger partial charge < -0.3 is 15.5 Å². The molecule has 0 saturated heterocycles. The van der Waals surface area contributed by atoms with Crippen molar-refractivity contribution >= 4 is 11.9 Å². The van der Waals surface area contributed by atoms with Crippen LogP contribution in [-0.4, -0.2) is 36.0 Å². The van der Waals surface area contributed by atoms with Gasteiger partial charge in [0.05, 0.1) is 6.54 Å². The third kappa shape index (κ3) is 3.72. The Morgan fingerprint density at radius 1 is 1.00 bits per heavy atom.